The van der Waals surface area contributed by atoms with Crippen LogP contribution in [-0.4, -0.2) is 52.2 Å². The molecule has 0 spiro atoms. The Morgan fingerprint density at radius 2 is 2.07 bits per heavy atom. The largest absolute Gasteiger partial charge is 0.429 e. The summed E-state index contributed by atoms with van der Waals surface area (Å²) in [5, 5.41) is 10.5. The fourth-order valence-corrected chi connectivity index (χ4v) is 4.32. The van der Waals surface area contributed by atoms with E-state index in [1.807, 2.05) is 12.2 Å². The normalized spacial score (nSPS) is 22.0. The average molecular weight is 390 g/mol. The van der Waals surface area contributed by atoms with Crippen LogP contribution in [0.15, 0.2) is 66.1 Å². The van der Waals surface area contributed by atoms with E-state index in [1.54, 1.807) is 30.3 Å². The number of aliphatic hydroxyl groups excluding tert-OH is 1. The first-order chi connectivity index (χ1) is 13.1. The molecule has 146 valence electrons. The molecule has 0 aliphatic carbocycles. The zero-order valence-corrected chi connectivity index (χ0v) is 16.3. The van der Waals surface area contributed by atoms with Crippen LogP contribution in [0.4, 0.5) is 0 Å². The van der Waals surface area contributed by atoms with Crippen molar-refractivity contribution in [3.05, 3.63) is 61.2 Å². The molecule has 0 amide bonds. The predicted octanol–water partition coefficient (Wildman–Crippen LogP) is 2.70. The van der Waals surface area contributed by atoms with Crippen LogP contribution in [0, 0.1) is 5.92 Å². The molecule has 0 bridgehead atoms. The second-order valence-corrected chi connectivity index (χ2v) is 8.11. The monoisotopic (exact) mass is 389 g/mol. The molecule has 1 aromatic carbocycles. The Balaban J connectivity index is 1.81. The van der Waals surface area contributed by atoms with E-state index in [0.717, 1.165) is 25.0 Å². The van der Waals surface area contributed by atoms with E-state index < -0.39 is 16.9 Å². The predicted molar refractivity (Wildman–Crippen MR) is 108 cm³/mol. The summed E-state index contributed by atoms with van der Waals surface area (Å²) in [6.45, 7) is 10.0. The van der Waals surface area contributed by atoms with Crippen LogP contribution in [0.5, 0.6) is 5.75 Å². The zero-order chi connectivity index (χ0) is 19.6. The lowest BCUT2D eigenvalue weighted by Crippen LogP contribution is -2.45. The highest BCUT2D eigenvalue weighted by Gasteiger charge is 2.27. The maximum Gasteiger partial charge on any atom is 0.298 e. The Hall–Kier alpha value is -2.02. The number of piperidine rings is 1. The van der Waals surface area contributed by atoms with E-state index in [2.05, 4.69) is 18.1 Å². The molecular weight excluding hydrogens is 362 g/mol. The van der Waals surface area contributed by atoms with Crippen molar-refractivity contribution in [1.82, 2.24) is 4.90 Å². The van der Waals surface area contributed by atoms with Crippen LogP contribution in [-0.2, 0) is 15.6 Å². The number of allylic oxidation sites excluding steroid dienone is 4. The van der Waals surface area contributed by atoms with Gasteiger partial charge < -0.3 is 9.84 Å². The van der Waals surface area contributed by atoms with Crippen LogP contribution in [0.3, 0.4) is 0 Å². The van der Waals surface area contributed by atoms with Gasteiger partial charge in [0.15, 0.2) is 0 Å². The number of hydrogen-bond acceptors (Lipinski definition) is 5. The summed E-state index contributed by atoms with van der Waals surface area (Å²) in [6, 6.07) is 6.67. The molecule has 5 nitrogen and oxygen atoms in total. The summed E-state index contributed by atoms with van der Waals surface area (Å²) in [5.41, 5.74) is 1.09. The second kappa shape index (κ2) is 11.0. The second-order valence-electron chi connectivity index (χ2n) is 6.54. The van der Waals surface area contributed by atoms with Gasteiger partial charge in [-0.05, 0) is 55.1 Å². The van der Waals surface area contributed by atoms with Gasteiger partial charge >= 0.3 is 0 Å². The third-order valence-electron chi connectivity index (χ3n) is 4.76. The van der Waals surface area contributed by atoms with Gasteiger partial charge in [0.1, 0.15) is 5.75 Å². The Kier molecular flexibility index (Phi) is 8.64. The van der Waals surface area contributed by atoms with Crippen molar-refractivity contribution in [2.45, 2.75) is 23.8 Å². The number of likely N-dealkylation sites (tertiary alicyclic amines) is 1. The summed E-state index contributed by atoms with van der Waals surface area (Å²) in [7, 11) is -1.13. The zero-order valence-electron chi connectivity index (χ0n) is 15.5. The molecule has 3 unspecified atom stereocenters. The smallest absolute Gasteiger partial charge is 0.298 e. The number of benzene rings is 1. The lowest BCUT2D eigenvalue weighted by molar-refractivity contribution is -0.120. The molecule has 1 saturated heterocycles. The molecule has 1 aromatic rings. The third-order valence-corrected chi connectivity index (χ3v) is 6.11. The van der Waals surface area contributed by atoms with Crippen LogP contribution >= 0.6 is 0 Å². The highest BCUT2D eigenvalue weighted by atomic mass is 32.2. The summed E-state index contributed by atoms with van der Waals surface area (Å²) in [6.07, 6.45) is 6.78. The van der Waals surface area contributed by atoms with E-state index >= 15 is 0 Å². The van der Waals surface area contributed by atoms with Crippen molar-refractivity contribution in [2.24, 2.45) is 5.92 Å². The van der Waals surface area contributed by atoms with Gasteiger partial charge in [-0.2, -0.15) is 0 Å². The van der Waals surface area contributed by atoms with E-state index in [0.29, 0.717) is 36.0 Å². The first-order valence-corrected chi connectivity index (χ1v) is 10.3. The van der Waals surface area contributed by atoms with Crippen molar-refractivity contribution >= 4 is 17.3 Å². The van der Waals surface area contributed by atoms with E-state index in [1.165, 1.54) is 0 Å². The lowest BCUT2D eigenvalue weighted by Gasteiger charge is -2.36. The summed E-state index contributed by atoms with van der Waals surface area (Å²) in [4.78, 5) is 13.2. The first-order valence-electron chi connectivity index (χ1n) is 9.00. The Morgan fingerprint density at radius 1 is 1.33 bits per heavy atom. The van der Waals surface area contributed by atoms with E-state index in [-0.39, 0.29) is 5.92 Å². The molecule has 1 heterocycles. The molecular formula is C21H27NO4S. The van der Waals surface area contributed by atoms with Gasteiger partial charge in [-0.1, -0.05) is 31.4 Å². The van der Waals surface area contributed by atoms with Gasteiger partial charge in [-0.3, -0.25) is 13.9 Å². The summed E-state index contributed by atoms with van der Waals surface area (Å²) < 4.78 is 17.2. The highest BCUT2D eigenvalue weighted by Crippen LogP contribution is 2.25. The molecule has 6 heteroatoms. The standard InChI is InChI=1S/C21H27NO4S/c1-3-5-17(4-2)14-18-10-11-22(15-21(18)24)12-13-27(25)20-8-6-19(7-9-20)26-16-23/h3-9,16,18,21,24H,1-2,10-15H2/b17-5+. The van der Waals surface area contributed by atoms with Gasteiger partial charge in [0.25, 0.3) is 6.47 Å². The molecule has 1 aliphatic rings. The number of β-amino-alcohol motifs (C(OH)–C–C–N with tert-alkyl or cyclic N) is 1. The summed E-state index contributed by atoms with van der Waals surface area (Å²) >= 11 is 0. The van der Waals surface area contributed by atoms with Crippen LogP contribution in [0.1, 0.15) is 12.8 Å². The SMILES string of the molecule is C=C/C=C(\C=C)CC1CCN(CCS(=O)c2ccc(OC=O)cc2)CC1O. The van der Waals surface area contributed by atoms with Crippen molar-refractivity contribution in [1.29, 1.82) is 0 Å². The minimum atomic E-state index is -1.13. The van der Waals surface area contributed by atoms with Crippen molar-refractivity contribution in [2.75, 3.05) is 25.4 Å². The number of nitrogens with zero attached hydrogens (tertiary/aromatic N) is 1. The third kappa shape index (κ3) is 6.57. The van der Waals surface area contributed by atoms with Crippen LogP contribution in [0.2, 0.25) is 0 Å². The molecule has 27 heavy (non-hydrogen) atoms. The van der Waals surface area contributed by atoms with E-state index in [9.17, 15) is 14.1 Å². The maximum atomic E-state index is 12.4. The van der Waals surface area contributed by atoms with Gasteiger partial charge in [-0.15, -0.1) is 0 Å². The number of hydrogen-bond donors (Lipinski definition) is 1. The molecule has 1 aliphatic heterocycles. The Morgan fingerprint density at radius 3 is 2.67 bits per heavy atom. The lowest BCUT2D eigenvalue weighted by atomic mass is 9.87. The van der Waals surface area contributed by atoms with Crippen LogP contribution in [0.25, 0.3) is 0 Å². The number of carbonyl (C=O) groups excluding carboxylic acids is 1. The molecule has 3 atom stereocenters. The summed E-state index contributed by atoms with van der Waals surface area (Å²) in [5.74, 6) is 1.14. The van der Waals surface area contributed by atoms with Crippen LogP contribution < -0.4 is 4.74 Å². The van der Waals surface area contributed by atoms with Gasteiger partial charge in [-0.25, -0.2) is 0 Å². The molecule has 0 saturated carbocycles. The molecule has 0 aromatic heterocycles. The average Bonchev–Trinajstić information content (AvgIpc) is 2.68. The fraction of sp³-hybridized carbons (Fsp3) is 0.381. The minimum Gasteiger partial charge on any atom is -0.429 e. The Bertz CT molecular complexity index is 699. The van der Waals surface area contributed by atoms with Gasteiger partial charge in [0.05, 0.1) is 16.9 Å². The maximum absolute atomic E-state index is 12.4. The van der Waals surface area contributed by atoms with Gasteiger partial charge in [0, 0.05) is 23.7 Å². The molecule has 2 rings (SSSR count). The minimum absolute atomic E-state index is 0.210. The quantitative estimate of drug-likeness (QED) is 0.492. The molecule has 0 radical (unpaired) electrons. The topological polar surface area (TPSA) is 66.8 Å². The fourth-order valence-electron chi connectivity index (χ4n) is 3.22. The number of aliphatic hydroxyl groups is 1. The molecule has 1 N–H and O–H groups in total. The van der Waals surface area contributed by atoms with Crippen molar-refractivity contribution in [3.63, 3.8) is 0 Å². The first kappa shape index (κ1) is 21.3. The highest BCUT2D eigenvalue weighted by molar-refractivity contribution is 7.85. The number of ether oxygens (including phenoxy) is 1. The number of carbonyl (C=O) groups is 1. The molecule has 1 fully saturated rings. The van der Waals surface area contributed by atoms with E-state index in [4.69, 9.17) is 4.74 Å². The van der Waals surface area contributed by atoms with Crippen molar-refractivity contribution < 1.29 is 18.8 Å². The van der Waals surface area contributed by atoms with Gasteiger partial charge in [0.2, 0.25) is 0 Å². The van der Waals surface area contributed by atoms with Crippen molar-refractivity contribution in [3.8, 4) is 5.75 Å². The number of rotatable bonds is 10. The Labute approximate surface area is 163 Å².